The highest BCUT2D eigenvalue weighted by molar-refractivity contribution is 7.99. The van der Waals surface area contributed by atoms with Gasteiger partial charge in [0.2, 0.25) is 0 Å². The van der Waals surface area contributed by atoms with Crippen molar-refractivity contribution >= 4 is 22.7 Å². The molecular formula is C15H20N2S. The maximum atomic E-state index is 3.58. The van der Waals surface area contributed by atoms with E-state index in [9.17, 15) is 0 Å². The molecule has 3 rings (SSSR count). The number of hydrogen-bond donors (Lipinski definition) is 1. The molecule has 0 saturated carbocycles. The van der Waals surface area contributed by atoms with Crippen LogP contribution in [0.2, 0.25) is 0 Å². The SMILES string of the molecule is CN(C)CCC1CCSc2[nH]c3ccccc3c21. The van der Waals surface area contributed by atoms with Crippen LogP contribution in [0.3, 0.4) is 0 Å². The summed E-state index contributed by atoms with van der Waals surface area (Å²) in [5, 5.41) is 2.84. The summed E-state index contributed by atoms with van der Waals surface area (Å²) < 4.78 is 0. The number of nitrogens with zero attached hydrogens (tertiary/aromatic N) is 1. The van der Waals surface area contributed by atoms with Crippen molar-refractivity contribution in [3.63, 3.8) is 0 Å². The molecule has 3 heteroatoms. The third-order valence-corrected chi connectivity index (χ3v) is 4.81. The summed E-state index contributed by atoms with van der Waals surface area (Å²) in [4.78, 5) is 5.87. The van der Waals surface area contributed by atoms with E-state index >= 15 is 0 Å². The van der Waals surface area contributed by atoms with E-state index in [0.717, 1.165) is 5.92 Å². The van der Waals surface area contributed by atoms with Crippen molar-refractivity contribution in [2.45, 2.75) is 23.8 Å². The Morgan fingerprint density at radius 2 is 2.17 bits per heavy atom. The van der Waals surface area contributed by atoms with Gasteiger partial charge in [-0.25, -0.2) is 0 Å². The van der Waals surface area contributed by atoms with Gasteiger partial charge in [-0.05, 0) is 51.0 Å². The molecule has 0 fully saturated rings. The molecule has 1 aliphatic heterocycles. The van der Waals surface area contributed by atoms with E-state index in [4.69, 9.17) is 0 Å². The van der Waals surface area contributed by atoms with Gasteiger partial charge in [0.05, 0.1) is 5.03 Å². The summed E-state index contributed by atoms with van der Waals surface area (Å²) in [7, 11) is 4.32. The molecule has 2 aromatic rings. The van der Waals surface area contributed by atoms with Gasteiger partial charge in [0.15, 0.2) is 0 Å². The predicted molar refractivity (Wildman–Crippen MR) is 79.6 cm³/mol. The zero-order chi connectivity index (χ0) is 12.5. The van der Waals surface area contributed by atoms with E-state index in [1.165, 1.54) is 41.1 Å². The molecule has 1 aromatic carbocycles. The Bertz CT molecular complexity index is 544. The number of benzene rings is 1. The zero-order valence-corrected chi connectivity index (χ0v) is 11.9. The lowest BCUT2D eigenvalue weighted by atomic mass is 9.92. The minimum atomic E-state index is 0.722. The molecule has 0 radical (unpaired) electrons. The Hall–Kier alpha value is -0.930. The molecule has 96 valence electrons. The molecule has 1 atom stereocenters. The molecule has 0 bridgehead atoms. The normalized spacial score (nSPS) is 19.4. The molecule has 2 nitrogen and oxygen atoms in total. The molecule has 2 heterocycles. The fourth-order valence-corrected chi connectivity index (χ4v) is 4.03. The highest BCUT2D eigenvalue weighted by atomic mass is 32.2. The lowest BCUT2D eigenvalue weighted by molar-refractivity contribution is 0.377. The quantitative estimate of drug-likeness (QED) is 0.907. The lowest BCUT2D eigenvalue weighted by Crippen LogP contribution is -2.17. The first-order valence-corrected chi connectivity index (χ1v) is 7.62. The maximum Gasteiger partial charge on any atom is 0.0768 e. The Morgan fingerprint density at radius 3 is 3.00 bits per heavy atom. The first-order valence-electron chi connectivity index (χ1n) is 6.64. The maximum absolute atomic E-state index is 3.58. The lowest BCUT2D eigenvalue weighted by Gasteiger charge is -2.24. The molecule has 0 amide bonds. The first kappa shape index (κ1) is 12.1. The molecule has 18 heavy (non-hydrogen) atoms. The van der Waals surface area contributed by atoms with E-state index in [1.807, 2.05) is 11.8 Å². The van der Waals surface area contributed by atoms with Gasteiger partial charge in [0.25, 0.3) is 0 Å². The van der Waals surface area contributed by atoms with Crippen LogP contribution in [0.5, 0.6) is 0 Å². The minimum absolute atomic E-state index is 0.722. The third-order valence-electron chi connectivity index (χ3n) is 3.76. The number of nitrogens with one attached hydrogen (secondary N) is 1. The van der Waals surface area contributed by atoms with Crippen LogP contribution in [-0.2, 0) is 0 Å². The standard InChI is InChI=1S/C15H20N2S/c1-17(2)9-7-11-8-10-18-15-14(11)12-5-3-4-6-13(12)16-15/h3-6,11,16H,7-10H2,1-2H3. The second kappa shape index (κ2) is 4.98. The van der Waals surface area contributed by atoms with E-state index in [0.29, 0.717) is 0 Å². The van der Waals surface area contributed by atoms with Crippen LogP contribution in [0.15, 0.2) is 29.3 Å². The van der Waals surface area contributed by atoms with Crippen LogP contribution >= 0.6 is 11.8 Å². The van der Waals surface area contributed by atoms with Gasteiger partial charge < -0.3 is 9.88 Å². The number of para-hydroxylation sites is 1. The highest BCUT2D eigenvalue weighted by Crippen LogP contribution is 2.43. The minimum Gasteiger partial charge on any atom is -0.349 e. The smallest absolute Gasteiger partial charge is 0.0768 e. The Balaban J connectivity index is 1.98. The number of aromatic amines is 1. The summed E-state index contributed by atoms with van der Waals surface area (Å²) in [6, 6.07) is 8.72. The monoisotopic (exact) mass is 260 g/mol. The molecule has 1 unspecified atom stereocenters. The number of rotatable bonds is 3. The van der Waals surface area contributed by atoms with Crippen molar-refractivity contribution in [2.75, 3.05) is 26.4 Å². The highest BCUT2D eigenvalue weighted by Gasteiger charge is 2.24. The molecular weight excluding hydrogens is 240 g/mol. The van der Waals surface area contributed by atoms with Crippen molar-refractivity contribution in [2.24, 2.45) is 0 Å². The number of hydrogen-bond acceptors (Lipinski definition) is 2. The molecule has 1 N–H and O–H groups in total. The van der Waals surface area contributed by atoms with Gasteiger partial charge in [-0.15, -0.1) is 11.8 Å². The average Bonchev–Trinajstić information content (AvgIpc) is 2.75. The van der Waals surface area contributed by atoms with Gasteiger partial charge in [-0.1, -0.05) is 18.2 Å². The van der Waals surface area contributed by atoms with Crippen molar-refractivity contribution in [1.29, 1.82) is 0 Å². The van der Waals surface area contributed by atoms with E-state index < -0.39 is 0 Å². The summed E-state index contributed by atoms with van der Waals surface area (Å²) in [6.45, 7) is 1.17. The Morgan fingerprint density at radius 1 is 1.33 bits per heavy atom. The summed E-state index contributed by atoms with van der Waals surface area (Å²) >= 11 is 1.98. The van der Waals surface area contributed by atoms with Crippen molar-refractivity contribution in [3.8, 4) is 0 Å². The molecule has 0 spiro atoms. The molecule has 0 saturated heterocycles. The second-order valence-corrected chi connectivity index (χ2v) is 6.44. The molecule has 0 aliphatic carbocycles. The van der Waals surface area contributed by atoms with Gasteiger partial charge in [-0.2, -0.15) is 0 Å². The third kappa shape index (κ3) is 2.17. The topological polar surface area (TPSA) is 19.0 Å². The summed E-state index contributed by atoms with van der Waals surface area (Å²) in [6.07, 6.45) is 2.58. The van der Waals surface area contributed by atoms with Gasteiger partial charge in [0, 0.05) is 16.7 Å². The van der Waals surface area contributed by atoms with Crippen molar-refractivity contribution < 1.29 is 0 Å². The van der Waals surface area contributed by atoms with E-state index in [2.05, 4.69) is 48.2 Å². The number of aromatic nitrogens is 1. The van der Waals surface area contributed by atoms with Gasteiger partial charge in [0.1, 0.15) is 0 Å². The van der Waals surface area contributed by atoms with Gasteiger partial charge in [-0.3, -0.25) is 0 Å². The Labute approximate surface area is 113 Å². The fourth-order valence-electron chi connectivity index (χ4n) is 2.81. The number of fused-ring (bicyclic) bond motifs is 3. The molecule has 1 aromatic heterocycles. The first-order chi connectivity index (χ1) is 8.75. The predicted octanol–water partition coefficient (Wildman–Crippen LogP) is 3.70. The van der Waals surface area contributed by atoms with Crippen LogP contribution in [0.25, 0.3) is 10.9 Å². The summed E-state index contributed by atoms with van der Waals surface area (Å²) in [5.41, 5.74) is 2.87. The molecule has 1 aliphatic rings. The van der Waals surface area contributed by atoms with Crippen LogP contribution in [-0.4, -0.2) is 36.3 Å². The van der Waals surface area contributed by atoms with Crippen LogP contribution in [0.4, 0.5) is 0 Å². The van der Waals surface area contributed by atoms with E-state index in [1.54, 1.807) is 5.56 Å². The van der Waals surface area contributed by atoms with Crippen molar-refractivity contribution in [3.05, 3.63) is 29.8 Å². The number of H-pyrrole nitrogens is 1. The zero-order valence-electron chi connectivity index (χ0n) is 11.1. The largest absolute Gasteiger partial charge is 0.349 e. The average molecular weight is 260 g/mol. The number of thioether (sulfide) groups is 1. The fraction of sp³-hybridized carbons (Fsp3) is 0.467. The van der Waals surface area contributed by atoms with Crippen LogP contribution in [0.1, 0.15) is 24.3 Å². The van der Waals surface area contributed by atoms with Gasteiger partial charge >= 0.3 is 0 Å². The van der Waals surface area contributed by atoms with E-state index in [-0.39, 0.29) is 0 Å². The van der Waals surface area contributed by atoms with Crippen molar-refractivity contribution in [1.82, 2.24) is 9.88 Å². The summed E-state index contributed by atoms with van der Waals surface area (Å²) in [5.74, 6) is 1.97. The Kier molecular flexibility index (Phi) is 3.35. The van der Waals surface area contributed by atoms with Crippen LogP contribution in [0, 0.1) is 0 Å². The second-order valence-electron chi connectivity index (χ2n) is 5.34. The van der Waals surface area contributed by atoms with Crippen LogP contribution < -0.4 is 0 Å².